The Bertz CT molecular complexity index is 2290. The molecule has 0 atom stereocenters. The molecule has 4 rings (SSSR count). The van der Waals surface area contributed by atoms with E-state index in [1.54, 1.807) is 89.0 Å². The van der Waals surface area contributed by atoms with Crippen LogP contribution in [0.1, 0.15) is 101 Å². The molecule has 2 aromatic carbocycles. The highest BCUT2D eigenvalue weighted by Gasteiger charge is 2.09. The third-order valence-electron chi connectivity index (χ3n) is 7.57. The number of nitrogens with zero attached hydrogens (tertiary/aromatic N) is 6. The first kappa shape index (κ1) is 53.6. The van der Waals surface area contributed by atoms with E-state index in [0.717, 1.165) is 11.9 Å². The first-order chi connectivity index (χ1) is 30.6. The predicted molar refractivity (Wildman–Crippen MR) is 244 cm³/mol. The third kappa shape index (κ3) is 21.2. The molecule has 4 aromatic rings. The van der Waals surface area contributed by atoms with Gasteiger partial charge < -0.3 is 21.3 Å². The van der Waals surface area contributed by atoms with E-state index in [1.165, 1.54) is 63.8 Å². The summed E-state index contributed by atoms with van der Waals surface area (Å²) in [6, 6.07) is 19.3. The maximum Gasteiger partial charge on any atom is 0.271 e. The lowest BCUT2D eigenvalue weighted by atomic mass is 10.1. The number of carbonyl (C=O) groups excluding carboxylic acids is 8. The molecule has 6 amide bonds. The SMILES string of the molecule is C/C=N/NC(=O)c1ccc(C(=O)NC)cc1.CC=NCc1ccc(C(=O)NC)cn1.CNC(=O)c1ccc(C(=O)N/N=C/C(C)=O)cc1.CNC(=O)c1ccc(CN=CC(C)=O)nc1. The van der Waals surface area contributed by atoms with Crippen LogP contribution in [0.3, 0.4) is 0 Å². The Hall–Kier alpha value is -8.42. The van der Waals surface area contributed by atoms with Crippen LogP contribution < -0.4 is 32.1 Å². The van der Waals surface area contributed by atoms with Crippen LogP contribution in [-0.2, 0) is 22.7 Å². The number of rotatable bonds is 14. The summed E-state index contributed by atoms with van der Waals surface area (Å²) >= 11 is 0. The topological polar surface area (TPSA) is 284 Å². The molecule has 336 valence electrons. The van der Waals surface area contributed by atoms with E-state index in [4.69, 9.17) is 0 Å². The molecule has 0 aliphatic heterocycles. The molecule has 0 spiro atoms. The van der Waals surface area contributed by atoms with Gasteiger partial charge in [-0.2, -0.15) is 10.2 Å². The normalized spacial score (nSPS) is 10.2. The van der Waals surface area contributed by atoms with Gasteiger partial charge in [0.1, 0.15) is 0 Å². The average Bonchev–Trinajstić information content (AvgIpc) is 3.32. The van der Waals surface area contributed by atoms with E-state index in [0.29, 0.717) is 52.2 Å². The van der Waals surface area contributed by atoms with E-state index in [2.05, 4.69) is 62.3 Å². The number of hydrazone groups is 2. The number of hydrogen-bond donors (Lipinski definition) is 6. The van der Waals surface area contributed by atoms with Crippen LogP contribution in [0.2, 0.25) is 0 Å². The van der Waals surface area contributed by atoms with Crippen molar-refractivity contribution in [1.82, 2.24) is 42.1 Å². The Balaban J connectivity index is 0.000000428. The van der Waals surface area contributed by atoms with Crippen LogP contribution in [0.15, 0.2) is 105 Å². The van der Waals surface area contributed by atoms with Crippen molar-refractivity contribution in [1.29, 1.82) is 0 Å². The molecule has 64 heavy (non-hydrogen) atoms. The van der Waals surface area contributed by atoms with Gasteiger partial charge in [0.25, 0.3) is 35.4 Å². The number of aromatic nitrogens is 2. The van der Waals surface area contributed by atoms with Gasteiger partial charge in [0.2, 0.25) is 0 Å². The standard InChI is InChI=1S/C12H13N3O3.2C11H13N3O2.C10H13N3O/c1-8(16)7-14-15-12(18)10-5-3-9(4-6-10)11(17)13-2;1-8(15)5-13-7-10-4-3-9(6-14-10)11(16)12-2;1-3-13-14-11(16)9-6-4-8(5-7-9)10(15)12-2;1-3-12-7-9-5-4-8(6-13-9)10(14)11-2/h3-7H,1-2H3,(H,13,17)(H,15,18);3-6H,7H2,1-2H3,(H,12,16);3-7H,1-2H3,(H,12,15)(H,14,16);3-6H,7H2,1-2H3,(H,11,14)/b14-7+;;13-3+;. The number of amides is 6. The maximum absolute atomic E-state index is 11.5. The van der Waals surface area contributed by atoms with Crippen molar-refractivity contribution in [3.05, 3.63) is 130 Å². The van der Waals surface area contributed by atoms with Gasteiger partial charge >= 0.3 is 0 Å². The number of carbonyl (C=O) groups is 8. The first-order valence-electron chi connectivity index (χ1n) is 19.2. The Morgan fingerprint density at radius 1 is 0.438 bits per heavy atom. The molecule has 0 bridgehead atoms. The number of Topliss-reactive ketones (excluding diaryl/α,β-unsaturated/α-hetero) is 2. The Morgan fingerprint density at radius 3 is 1.08 bits per heavy atom. The van der Waals surface area contributed by atoms with Crippen molar-refractivity contribution in [2.45, 2.75) is 40.8 Å². The summed E-state index contributed by atoms with van der Waals surface area (Å²) in [5, 5.41) is 17.1. The van der Waals surface area contributed by atoms with Crippen LogP contribution in [0.5, 0.6) is 0 Å². The van der Waals surface area contributed by atoms with Gasteiger partial charge in [-0.15, -0.1) is 0 Å². The number of hydrogen-bond acceptors (Lipinski definition) is 14. The molecular formula is C44H52N12O8. The summed E-state index contributed by atoms with van der Waals surface area (Å²) in [5.41, 5.74) is 8.96. The number of ketones is 2. The molecule has 0 fully saturated rings. The lowest BCUT2D eigenvalue weighted by Crippen LogP contribution is -2.20. The van der Waals surface area contributed by atoms with Crippen molar-refractivity contribution in [3.8, 4) is 0 Å². The second-order valence-corrected chi connectivity index (χ2v) is 12.4. The fourth-order valence-electron chi connectivity index (χ4n) is 4.31. The van der Waals surface area contributed by atoms with Crippen LogP contribution in [0, 0.1) is 0 Å². The summed E-state index contributed by atoms with van der Waals surface area (Å²) in [7, 11) is 6.24. The highest BCUT2D eigenvalue weighted by Crippen LogP contribution is 2.06. The van der Waals surface area contributed by atoms with Gasteiger partial charge in [-0.3, -0.25) is 58.3 Å². The Kier molecular flexibility index (Phi) is 25.6. The van der Waals surface area contributed by atoms with E-state index >= 15 is 0 Å². The van der Waals surface area contributed by atoms with Crippen molar-refractivity contribution in [3.63, 3.8) is 0 Å². The van der Waals surface area contributed by atoms with E-state index in [1.807, 2.05) is 6.92 Å². The number of nitrogens with one attached hydrogen (secondary N) is 6. The van der Waals surface area contributed by atoms with Gasteiger partial charge in [0, 0.05) is 82.9 Å². The fraction of sp³-hybridized carbons (Fsp3) is 0.227. The minimum absolute atomic E-state index is 0.0954. The molecule has 20 heteroatoms. The molecule has 0 radical (unpaired) electrons. The second-order valence-electron chi connectivity index (χ2n) is 12.4. The number of pyridine rings is 2. The lowest BCUT2D eigenvalue weighted by molar-refractivity contribution is -0.111. The summed E-state index contributed by atoms with van der Waals surface area (Å²) in [6.07, 6.45) is 8.52. The first-order valence-corrected chi connectivity index (χ1v) is 19.2. The van der Waals surface area contributed by atoms with Crippen molar-refractivity contribution in [2.75, 3.05) is 28.2 Å². The maximum atomic E-state index is 11.5. The lowest BCUT2D eigenvalue weighted by Gasteiger charge is -2.02. The molecule has 0 unspecified atom stereocenters. The summed E-state index contributed by atoms with van der Waals surface area (Å²) in [4.78, 5) is 105. The van der Waals surface area contributed by atoms with E-state index in [9.17, 15) is 38.4 Å². The monoisotopic (exact) mass is 876 g/mol. The summed E-state index contributed by atoms with van der Waals surface area (Å²) < 4.78 is 0. The number of benzene rings is 2. The van der Waals surface area contributed by atoms with Gasteiger partial charge in [-0.1, -0.05) is 0 Å². The minimum Gasteiger partial charge on any atom is -0.355 e. The molecule has 0 saturated heterocycles. The van der Waals surface area contributed by atoms with E-state index < -0.39 is 5.91 Å². The van der Waals surface area contributed by atoms with Gasteiger partial charge in [-0.05, 0) is 92.9 Å². The number of aliphatic imine (C=N–C) groups is 2. The van der Waals surface area contributed by atoms with Gasteiger partial charge in [0.15, 0.2) is 11.6 Å². The zero-order valence-corrected chi connectivity index (χ0v) is 36.8. The molecule has 0 saturated carbocycles. The van der Waals surface area contributed by atoms with E-state index in [-0.39, 0.29) is 41.1 Å². The predicted octanol–water partition coefficient (Wildman–Crippen LogP) is 2.77. The Labute approximate surface area is 370 Å². The largest absolute Gasteiger partial charge is 0.355 e. The third-order valence-corrected chi connectivity index (χ3v) is 7.57. The van der Waals surface area contributed by atoms with Gasteiger partial charge in [-0.25, -0.2) is 10.9 Å². The van der Waals surface area contributed by atoms with Crippen LogP contribution in [0.25, 0.3) is 0 Å². The average molecular weight is 877 g/mol. The molecular weight excluding hydrogens is 825 g/mol. The highest BCUT2D eigenvalue weighted by molar-refractivity contribution is 6.26. The highest BCUT2D eigenvalue weighted by atomic mass is 16.2. The van der Waals surface area contributed by atoms with Crippen LogP contribution >= 0.6 is 0 Å². The molecule has 2 heterocycles. The molecule has 20 nitrogen and oxygen atoms in total. The quantitative estimate of drug-likeness (QED) is 0.0796. The Morgan fingerprint density at radius 2 is 0.766 bits per heavy atom. The smallest absolute Gasteiger partial charge is 0.271 e. The second kappa shape index (κ2) is 30.6. The summed E-state index contributed by atoms with van der Waals surface area (Å²) in [5.74, 6) is -1.81. The summed E-state index contributed by atoms with van der Waals surface area (Å²) in [6.45, 7) is 7.23. The zero-order valence-electron chi connectivity index (χ0n) is 36.8. The van der Waals surface area contributed by atoms with Crippen molar-refractivity contribution in [2.24, 2.45) is 20.2 Å². The van der Waals surface area contributed by atoms with Crippen LogP contribution in [0.4, 0.5) is 0 Å². The van der Waals surface area contributed by atoms with Crippen molar-refractivity contribution < 1.29 is 38.4 Å². The van der Waals surface area contributed by atoms with Crippen molar-refractivity contribution >= 4 is 71.9 Å². The van der Waals surface area contributed by atoms with Crippen LogP contribution in [-0.4, -0.2) is 110 Å². The molecule has 2 aromatic heterocycles. The fourth-order valence-corrected chi connectivity index (χ4v) is 4.31. The molecule has 0 aliphatic rings. The molecule has 6 N–H and O–H groups in total. The minimum atomic E-state index is -0.448. The molecule has 0 aliphatic carbocycles. The zero-order chi connectivity index (χ0) is 47.9. The van der Waals surface area contributed by atoms with Gasteiger partial charge in [0.05, 0.1) is 48.0 Å².